The van der Waals surface area contributed by atoms with E-state index < -0.39 is 0 Å². The van der Waals surface area contributed by atoms with Gasteiger partial charge in [0.2, 0.25) is 0 Å². The summed E-state index contributed by atoms with van der Waals surface area (Å²) in [5.41, 5.74) is 1.43. The van der Waals surface area contributed by atoms with Gasteiger partial charge in [-0.05, 0) is 47.5 Å². The molecule has 4 nitrogen and oxygen atoms in total. The fourth-order valence-corrected chi connectivity index (χ4v) is 2.66. The van der Waals surface area contributed by atoms with Crippen molar-refractivity contribution in [3.05, 3.63) is 66.7 Å². The Hall–Kier alpha value is -2.97. The summed E-state index contributed by atoms with van der Waals surface area (Å²) < 4.78 is 0. The Morgan fingerprint density at radius 1 is 0.913 bits per heavy atom. The average Bonchev–Trinajstić information content (AvgIpc) is 2.57. The Balaban J connectivity index is 1.72. The lowest BCUT2D eigenvalue weighted by atomic mass is 10.1. The van der Waals surface area contributed by atoms with Crippen LogP contribution in [0.5, 0.6) is 0 Å². The Morgan fingerprint density at radius 2 is 1.65 bits per heavy atom. The molecule has 0 atom stereocenters. The molecular weight excluding hydrogens is 306 g/mol. The third kappa shape index (κ3) is 3.62. The summed E-state index contributed by atoms with van der Waals surface area (Å²) in [5.74, 6) is 0. The highest BCUT2D eigenvalue weighted by molar-refractivity contribution is 8.03. The molecule has 0 unspecified atom stereocenters. The number of nitrogens with one attached hydrogen (secondary N) is 2. The highest BCUT2D eigenvalue weighted by Crippen LogP contribution is 2.23. The zero-order valence-electron chi connectivity index (χ0n) is 12.1. The Morgan fingerprint density at radius 3 is 2.43 bits per heavy atom. The third-order valence-corrected chi connectivity index (χ3v) is 3.91. The fourth-order valence-electron chi connectivity index (χ4n) is 2.28. The number of thiocyanates is 1. The number of carbonyl (C=O) groups excluding carboxylic acids is 1. The highest BCUT2D eigenvalue weighted by Gasteiger charge is 2.06. The van der Waals surface area contributed by atoms with Gasteiger partial charge in [-0.15, -0.1) is 0 Å². The second-order valence-corrected chi connectivity index (χ2v) is 5.68. The Kier molecular flexibility index (Phi) is 4.46. The van der Waals surface area contributed by atoms with E-state index in [0.29, 0.717) is 5.69 Å². The first-order valence-electron chi connectivity index (χ1n) is 6.98. The predicted molar refractivity (Wildman–Crippen MR) is 94.5 cm³/mol. The minimum atomic E-state index is -0.304. The summed E-state index contributed by atoms with van der Waals surface area (Å²) >= 11 is 1.08. The molecule has 0 bridgehead atoms. The third-order valence-electron chi connectivity index (χ3n) is 3.31. The van der Waals surface area contributed by atoms with Crippen LogP contribution < -0.4 is 10.6 Å². The van der Waals surface area contributed by atoms with Gasteiger partial charge in [-0.2, -0.15) is 5.26 Å². The van der Waals surface area contributed by atoms with Gasteiger partial charge in [-0.1, -0.05) is 36.4 Å². The van der Waals surface area contributed by atoms with Gasteiger partial charge in [0.25, 0.3) is 0 Å². The summed E-state index contributed by atoms with van der Waals surface area (Å²) in [6, 6.07) is 20.5. The van der Waals surface area contributed by atoms with Crippen LogP contribution in [0.15, 0.2) is 71.6 Å². The molecular formula is C18H13N3OS. The number of nitrogens with zero attached hydrogens (tertiary/aromatic N) is 1. The summed E-state index contributed by atoms with van der Waals surface area (Å²) in [6.07, 6.45) is 0. The number of rotatable bonds is 3. The Labute approximate surface area is 138 Å². The topological polar surface area (TPSA) is 64.9 Å². The average molecular weight is 319 g/mol. The van der Waals surface area contributed by atoms with E-state index in [-0.39, 0.29) is 6.03 Å². The second-order valence-electron chi connectivity index (χ2n) is 4.82. The zero-order valence-corrected chi connectivity index (χ0v) is 12.9. The van der Waals surface area contributed by atoms with Crippen molar-refractivity contribution in [1.82, 2.24) is 0 Å². The van der Waals surface area contributed by atoms with Crippen LogP contribution in [0.4, 0.5) is 16.2 Å². The summed E-state index contributed by atoms with van der Waals surface area (Å²) in [7, 11) is 0. The first-order valence-corrected chi connectivity index (χ1v) is 7.80. The van der Waals surface area contributed by atoms with Crippen molar-refractivity contribution in [2.75, 3.05) is 10.6 Å². The van der Waals surface area contributed by atoms with E-state index in [9.17, 15) is 4.79 Å². The predicted octanol–water partition coefficient (Wildman–Crippen LogP) is 5.06. The normalized spacial score (nSPS) is 10.0. The van der Waals surface area contributed by atoms with Crippen molar-refractivity contribution in [1.29, 1.82) is 5.26 Å². The molecule has 0 aromatic heterocycles. The van der Waals surface area contributed by atoms with Crippen molar-refractivity contribution < 1.29 is 4.79 Å². The lowest BCUT2D eigenvalue weighted by Gasteiger charge is -2.10. The lowest BCUT2D eigenvalue weighted by molar-refractivity contribution is 0.262. The number of fused-ring (bicyclic) bond motifs is 1. The van der Waals surface area contributed by atoms with Crippen LogP contribution >= 0.6 is 11.8 Å². The van der Waals surface area contributed by atoms with Crippen molar-refractivity contribution in [2.24, 2.45) is 0 Å². The van der Waals surface area contributed by atoms with Gasteiger partial charge in [-0.25, -0.2) is 4.79 Å². The van der Waals surface area contributed by atoms with Gasteiger partial charge in [-0.3, -0.25) is 0 Å². The number of nitriles is 1. The van der Waals surface area contributed by atoms with Gasteiger partial charge < -0.3 is 10.6 Å². The lowest BCUT2D eigenvalue weighted by Crippen LogP contribution is -2.19. The van der Waals surface area contributed by atoms with Crippen LogP contribution in [0.25, 0.3) is 10.8 Å². The second kappa shape index (κ2) is 6.86. The van der Waals surface area contributed by atoms with Crippen LogP contribution in [0, 0.1) is 10.7 Å². The van der Waals surface area contributed by atoms with Crippen LogP contribution in [0.3, 0.4) is 0 Å². The van der Waals surface area contributed by atoms with Crippen molar-refractivity contribution in [2.45, 2.75) is 4.90 Å². The zero-order chi connectivity index (χ0) is 16.1. The smallest absolute Gasteiger partial charge is 0.308 e. The minimum Gasteiger partial charge on any atom is -0.308 e. The molecule has 3 aromatic carbocycles. The van der Waals surface area contributed by atoms with Crippen molar-refractivity contribution in [3.63, 3.8) is 0 Å². The van der Waals surface area contributed by atoms with E-state index in [4.69, 9.17) is 5.26 Å². The molecule has 3 aromatic rings. The van der Waals surface area contributed by atoms with Crippen molar-refractivity contribution >= 4 is 39.9 Å². The van der Waals surface area contributed by atoms with Crippen LogP contribution in [0.2, 0.25) is 0 Å². The molecule has 0 aliphatic carbocycles. The molecule has 0 fully saturated rings. The maximum absolute atomic E-state index is 12.2. The molecule has 0 saturated heterocycles. The highest BCUT2D eigenvalue weighted by atomic mass is 32.2. The molecule has 0 saturated carbocycles. The molecule has 112 valence electrons. The summed E-state index contributed by atoms with van der Waals surface area (Å²) in [4.78, 5) is 13.0. The van der Waals surface area contributed by atoms with Crippen LogP contribution in [0.1, 0.15) is 0 Å². The number of anilines is 2. The van der Waals surface area contributed by atoms with Gasteiger partial charge in [0.15, 0.2) is 0 Å². The molecule has 2 amide bonds. The van der Waals surface area contributed by atoms with E-state index in [2.05, 4.69) is 10.6 Å². The van der Waals surface area contributed by atoms with E-state index in [1.54, 1.807) is 24.3 Å². The first-order chi connectivity index (χ1) is 11.3. The molecule has 0 heterocycles. The van der Waals surface area contributed by atoms with E-state index in [1.807, 2.05) is 47.9 Å². The standard InChI is InChI=1S/C18H13N3OS/c19-12-23-15-10-8-14(9-11-15)20-18(22)21-17-7-3-5-13-4-1-2-6-16(13)17/h1-11H,(H2,20,21,22). The van der Waals surface area contributed by atoms with Crippen LogP contribution in [-0.2, 0) is 0 Å². The van der Waals surface area contributed by atoms with Gasteiger partial charge in [0.05, 0.1) is 5.69 Å². The monoisotopic (exact) mass is 319 g/mol. The number of benzene rings is 3. The van der Waals surface area contributed by atoms with Gasteiger partial charge in [0, 0.05) is 16.0 Å². The van der Waals surface area contributed by atoms with E-state index in [1.165, 1.54) is 0 Å². The number of carbonyl (C=O) groups is 1. The van der Waals surface area contributed by atoms with E-state index in [0.717, 1.165) is 33.1 Å². The maximum Gasteiger partial charge on any atom is 0.323 e. The molecule has 0 spiro atoms. The number of hydrogen-bond donors (Lipinski definition) is 2. The van der Waals surface area contributed by atoms with E-state index >= 15 is 0 Å². The molecule has 5 heteroatoms. The van der Waals surface area contributed by atoms with Crippen LogP contribution in [-0.4, -0.2) is 6.03 Å². The first kappa shape index (κ1) is 14.9. The fraction of sp³-hybridized carbons (Fsp3) is 0. The SMILES string of the molecule is N#CSc1ccc(NC(=O)Nc2cccc3ccccc23)cc1. The molecule has 2 N–H and O–H groups in total. The van der Waals surface area contributed by atoms with Gasteiger partial charge >= 0.3 is 6.03 Å². The molecule has 23 heavy (non-hydrogen) atoms. The number of urea groups is 1. The molecule has 3 rings (SSSR count). The summed E-state index contributed by atoms with van der Waals surface area (Å²) in [6.45, 7) is 0. The quantitative estimate of drug-likeness (QED) is 0.524. The largest absolute Gasteiger partial charge is 0.323 e. The molecule has 0 radical (unpaired) electrons. The number of hydrogen-bond acceptors (Lipinski definition) is 3. The molecule has 0 aliphatic heterocycles. The Bertz CT molecular complexity index is 879. The summed E-state index contributed by atoms with van der Waals surface area (Å²) in [5, 5.41) is 18.3. The minimum absolute atomic E-state index is 0.304. The van der Waals surface area contributed by atoms with Crippen molar-refractivity contribution in [3.8, 4) is 5.40 Å². The number of thioether (sulfide) groups is 1. The number of amides is 2. The maximum atomic E-state index is 12.2. The van der Waals surface area contributed by atoms with Gasteiger partial charge in [0.1, 0.15) is 5.40 Å². The molecule has 0 aliphatic rings.